The van der Waals surface area contributed by atoms with Crippen molar-refractivity contribution in [3.05, 3.63) is 76.3 Å². The van der Waals surface area contributed by atoms with Crippen LogP contribution in [0.25, 0.3) is 0 Å². The van der Waals surface area contributed by atoms with Gasteiger partial charge in [-0.05, 0) is 99.0 Å². The lowest BCUT2D eigenvalue weighted by Gasteiger charge is -2.34. The Kier molecular flexibility index (Phi) is 10.5. The van der Waals surface area contributed by atoms with Crippen LogP contribution in [0, 0.1) is 0 Å². The molecule has 2 fully saturated rings. The lowest BCUT2D eigenvalue weighted by molar-refractivity contribution is -0.117. The number of amides is 1. The van der Waals surface area contributed by atoms with Gasteiger partial charge < -0.3 is 19.1 Å². The molecule has 1 saturated carbocycles. The van der Waals surface area contributed by atoms with Crippen molar-refractivity contribution in [3.63, 3.8) is 0 Å². The summed E-state index contributed by atoms with van der Waals surface area (Å²) < 4.78 is 17.2. The van der Waals surface area contributed by atoms with Crippen molar-refractivity contribution in [1.29, 1.82) is 0 Å². The summed E-state index contributed by atoms with van der Waals surface area (Å²) in [6.07, 6.45) is 9.68. The molecule has 3 aromatic carbocycles. The minimum atomic E-state index is -0.509. The summed E-state index contributed by atoms with van der Waals surface area (Å²) in [5.74, 6) is 0.510. The average molecular weight is 651 g/mol. The fourth-order valence-electron chi connectivity index (χ4n) is 5.84. The maximum absolute atomic E-state index is 14.2. The summed E-state index contributed by atoms with van der Waals surface area (Å²) in [5, 5.41) is 1.63. The maximum atomic E-state index is 14.2. The van der Waals surface area contributed by atoms with Crippen LogP contribution in [-0.4, -0.2) is 45.3 Å². The highest BCUT2D eigenvalue weighted by Gasteiger charge is 2.25. The molecule has 0 atom stereocenters. The second-order valence-electron chi connectivity index (χ2n) is 11.1. The van der Waals surface area contributed by atoms with Crippen LogP contribution in [0.3, 0.4) is 0 Å². The molecule has 0 spiro atoms. The van der Waals surface area contributed by atoms with Gasteiger partial charge in [-0.15, -0.1) is 0 Å². The van der Waals surface area contributed by atoms with Crippen molar-refractivity contribution in [2.75, 3.05) is 42.6 Å². The molecule has 3 aromatic rings. The molecule has 9 heteroatoms. The number of piperidine rings is 1. The van der Waals surface area contributed by atoms with E-state index in [0.29, 0.717) is 15.8 Å². The van der Waals surface area contributed by atoms with Crippen LogP contribution in [0.15, 0.2) is 65.1 Å². The first-order valence-electron chi connectivity index (χ1n) is 15.1. The van der Waals surface area contributed by atoms with Crippen LogP contribution < -0.4 is 24.8 Å². The SMILES string of the molecule is COC(=O)c1cc(Br)c(CC(=O)N(Nc2ccc(OC3CCCCC3)cc2)c2ccccc2N2CCCCC2)cc1OC. The third-order valence-electron chi connectivity index (χ3n) is 8.13. The molecule has 1 N–H and O–H groups in total. The lowest BCUT2D eigenvalue weighted by Crippen LogP contribution is -2.39. The molecule has 1 heterocycles. The molecule has 2 aliphatic rings. The van der Waals surface area contributed by atoms with E-state index in [2.05, 4.69) is 32.3 Å². The van der Waals surface area contributed by atoms with Gasteiger partial charge in [0.1, 0.15) is 17.1 Å². The second kappa shape index (κ2) is 14.6. The molecule has 228 valence electrons. The molecule has 1 aliphatic carbocycles. The van der Waals surface area contributed by atoms with E-state index in [1.807, 2.05) is 42.5 Å². The Morgan fingerprint density at radius 3 is 2.33 bits per heavy atom. The van der Waals surface area contributed by atoms with Gasteiger partial charge in [-0.1, -0.05) is 34.5 Å². The van der Waals surface area contributed by atoms with Gasteiger partial charge in [0, 0.05) is 17.6 Å². The van der Waals surface area contributed by atoms with Crippen molar-refractivity contribution < 1.29 is 23.8 Å². The number of anilines is 3. The number of carbonyl (C=O) groups excluding carboxylic acids is 2. The highest BCUT2D eigenvalue weighted by Crippen LogP contribution is 2.34. The number of carbonyl (C=O) groups is 2. The zero-order chi connectivity index (χ0) is 30.2. The van der Waals surface area contributed by atoms with Gasteiger partial charge in [0.2, 0.25) is 5.91 Å². The number of esters is 1. The quantitative estimate of drug-likeness (QED) is 0.179. The van der Waals surface area contributed by atoms with Crippen molar-refractivity contribution in [3.8, 4) is 11.5 Å². The number of hydrazine groups is 1. The monoisotopic (exact) mass is 649 g/mol. The zero-order valence-corrected chi connectivity index (χ0v) is 26.5. The van der Waals surface area contributed by atoms with Gasteiger partial charge >= 0.3 is 5.97 Å². The Bertz CT molecular complexity index is 1400. The number of halogens is 1. The van der Waals surface area contributed by atoms with E-state index in [1.54, 1.807) is 17.1 Å². The molecule has 43 heavy (non-hydrogen) atoms. The largest absolute Gasteiger partial charge is 0.496 e. The molecule has 1 amide bonds. The molecule has 0 aromatic heterocycles. The Balaban J connectivity index is 1.44. The molecule has 0 radical (unpaired) electrons. The van der Waals surface area contributed by atoms with E-state index in [4.69, 9.17) is 14.2 Å². The minimum Gasteiger partial charge on any atom is -0.496 e. The van der Waals surface area contributed by atoms with Crippen LogP contribution in [0.2, 0.25) is 0 Å². The number of para-hydroxylation sites is 2. The summed E-state index contributed by atoms with van der Waals surface area (Å²) in [6.45, 7) is 1.90. The summed E-state index contributed by atoms with van der Waals surface area (Å²) >= 11 is 3.56. The lowest BCUT2D eigenvalue weighted by atomic mass is 9.98. The summed E-state index contributed by atoms with van der Waals surface area (Å²) in [5.41, 5.74) is 6.94. The Labute approximate surface area is 262 Å². The number of benzene rings is 3. The number of hydrogen-bond acceptors (Lipinski definition) is 7. The Morgan fingerprint density at radius 2 is 1.63 bits per heavy atom. The Morgan fingerprint density at radius 1 is 0.930 bits per heavy atom. The highest BCUT2D eigenvalue weighted by atomic mass is 79.9. The number of methoxy groups -OCH3 is 2. The molecule has 0 bridgehead atoms. The van der Waals surface area contributed by atoms with Crippen LogP contribution in [-0.2, 0) is 16.0 Å². The van der Waals surface area contributed by atoms with E-state index in [-0.39, 0.29) is 24.0 Å². The van der Waals surface area contributed by atoms with Crippen LogP contribution >= 0.6 is 15.9 Å². The fraction of sp³-hybridized carbons (Fsp3) is 0.412. The first kappa shape index (κ1) is 30.7. The van der Waals surface area contributed by atoms with Crippen LogP contribution in [0.1, 0.15) is 67.3 Å². The predicted molar refractivity (Wildman–Crippen MR) is 173 cm³/mol. The van der Waals surface area contributed by atoms with Gasteiger partial charge in [0.25, 0.3) is 0 Å². The topological polar surface area (TPSA) is 80.3 Å². The maximum Gasteiger partial charge on any atom is 0.341 e. The minimum absolute atomic E-state index is 0.0581. The summed E-state index contributed by atoms with van der Waals surface area (Å²) in [6, 6.07) is 19.2. The highest BCUT2D eigenvalue weighted by molar-refractivity contribution is 9.10. The molecule has 1 aliphatic heterocycles. The van der Waals surface area contributed by atoms with Crippen molar-refractivity contribution >= 4 is 44.9 Å². The summed E-state index contributed by atoms with van der Waals surface area (Å²) in [4.78, 5) is 28.8. The van der Waals surface area contributed by atoms with Crippen molar-refractivity contribution in [2.45, 2.75) is 63.9 Å². The van der Waals surface area contributed by atoms with Gasteiger partial charge in [-0.3, -0.25) is 10.2 Å². The number of hydrogen-bond donors (Lipinski definition) is 1. The van der Waals surface area contributed by atoms with Crippen LogP contribution in [0.5, 0.6) is 11.5 Å². The van der Waals surface area contributed by atoms with E-state index in [0.717, 1.165) is 61.6 Å². The first-order chi connectivity index (χ1) is 21.0. The smallest absolute Gasteiger partial charge is 0.341 e. The standard InChI is InChI=1S/C34H40BrN3O5/c1-41-32-21-24(29(35)23-28(32)34(40)42-2)22-33(39)38(31-14-8-7-13-30(31)37-19-9-4-10-20-37)36-25-15-17-27(18-16-25)43-26-11-5-3-6-12-26/h7-8,13-18,21,23,26,36H,3-6,9-12,19-20,22H2,1-2H3. The van der Waals surface area contributed by atoms with E-state index in [9.17, 15) is 9.59 Å². The molecule has 0 unspecified atom stereocenters. The van der Waals surface area contributed by atoms with E-state index in [1.165, 1.54) is 39.9 Å². The molecular formula is C34H40BrN3O5. The van der Waals surface area contributed by atoms with E-state index < -0.39 is 5.97 Å². The van der Waals surface area contributed by atoms with Gasteiger partial charge in [0.05, 0.1) is 43.8 Å². The average Bonchev–Trinajstić information content (AvgIpc) is 3.05. The third-order valence-corrected chi connectivity index (χ3v) is 8.87. The normalized spacial score (nSPS) is 15.5. The third kappa shape index (κ3) is 7.63. The van der Waals surface area contributed by atoms with Gasteiger partial charge in [-0.25, -0.2) is 9.80 Å². The molecular weight excluding hydrogens is 610 g/mol. The number of rotatable bonds is 10. The van der Waals surface area contributed by atoms with E-state index >= 15 is 0 Å². The second-order valence-corrected chi connectivity index (χ2v) is 11.9. The first-order valence-corrected chi connectivity index (χ1v) is 15.9. The van der Waals surface area contributed by atoms with Crippen LogP contribution in [0.4, 0.5) is 17.1 Å². The number of nitrogens with zero attached hydrogens (tertiary/aromatic N) is 2. The fourth-order valence-corrected chi connectivity index (χ4v) is 6.32. The number of ether oxygens (including phenoxy) is 3. The molecule has 8 nitrogen and oxygen atoms in total. The predicted octanol–water partition coefficient (Wildman–Crippen LogP) is 7.55. The van der Waals surface area contributed by atoms with Gasteiger partial charge in [-0.2, -0.15) is 0 Å². The van der Waals surface area contributed by atoms with Crippen molar-refractivity contribution in [2.24, 2.45) is 0 Å². The molecule has 5 rings (SSSR count). The zero-order valence-electron chi connectivity index (χ0n) is 24.9. The summed E-state index contributed by atoms with van der Waals surface area (Å²) in [7, 11) is 2.82. The van der Waals surface area contributed by atoms with Gasteiger partial charge in [0.15, 0.2) is 0 Å². The molecule has 1 saturated heterocycles. The van der Waals surface area contributed by atoms with Crippen molar-refractivity contribution in [1.82, 2.24) is 0 Å². The number of nitrogens with one attached hydrogen (secondary N) is 1. The Hall–Kier alpha value is -3.72.